The van der Waals surface area contributed by atoms with E-state index in [2.05, 4.69) is 20.3 Å². The number of amides is 1. The molecule has 0 atom stereocenters. The van der Waals surface area contributed by atoms with E-state index in [1.165, 1.54) is 18.7 Å². The van der Waals surface area contributed by atoms with Crippen molar-refractivity contribution >= 4 is 28.5 Å². The normalized spacial score (nSPS) is 11.0. The van der Waals surface area contributed by atoms with E-state index in [1.54, 1.807) is 20.8 Å². The van der Waals surface area contributed by atoms with Crippen LogP contribution in [-0.2, 0) is 4.74 Å². The molecule has 2 rings (SSSR count). The molecule has 9 heteroatoms. The van der Waals surface area contributed by atoms with Crippen molar-refractivity contribution in [1.29, 1.82) is 0 Å². The number of rotatable bonds is 3. The van der Waals surface area contributed by atoms with Gasteiger partial charge in [-0.2, -0.15) is 0 Å². The van der Waals surface area contributed by atoms with Crippen LogP contribution in [0.5, 0.6) is 0 Å². The van der Waals surface area contributed by atoms with Crippen molar-refractivity contribution in [2.24, 2.45) is 0 Å². The molecule has 0 fully saturated rings. The second-order valence-corrected chi connectivity index (χ2v) is 6.26. The van der Waals surface area contributed by atoms with E-state index in [4.69, 9.17) is 4.74 Å². The van der Waals surface area contributed by atoms with Crippen LogP contribution in [-0.4, -0.2) is 37.7 Å². The first-order valence-corrected chi connectivity index (χ1v) is 7.07. The van der Waals surface area contributed by atoms with Crippen LogP contribution in [0.25, 0.3) is 10.4 Å². The lowest BCUT2D eigenvalue weighted by Gasteiger charge is -2.18. The first-order chi connectivity index (χ1) is 10.3. The van der Waals surface area contributed by atoms with Gasteiger partial charge < -0.3 is 9.84 Å². The number of aromatic nitrogens is 3. The molecule has 0 bridgehead atoms. The van der Waals surface area contributed by atoms with Gasteiger partial charge >= 0.3 is 12.1 Å². The van der Waals surface area contributed by atoms with Crippen LogP contribution in [0, 0.1) is 0 Å². The number of carbonyl (C=O) groups is 2. The second-order valence-electron chi connectivity index (χ2n) is 5.26. The number of carboxylic acid groups (broad SMARTS) is 1. The average Bonchev–Trinajstić information content (AvgIpc) is 2.81. The van der Waals surface area contributed by atoms with Gasteiger partial charge in [0, 0.05) is 18.0 Å². The van der Waals surface area contributed by atoms with Crippen LogP contribution in [0.15, 0.2) is 18.7 Å². The Morgan fingerprint density at radius 2 is 1.91 bits per heavy atom. The molecular formula is C13H14N4O4S. The number of thiazole rings is 1. The summed E-state index contributed by atoms with van der Waals surface area (Å²) in [5.74, 6) is -1.20. The molecule has 0 aromatic carbocycles. The molecule has 0 unspecified atom stereocenters. The molecule has 0 spiro atoms. The molecule has 2 N–H and O–H groups in total. The van der Waals surface area contributed by atoms with Gasteiger partial charge in [-0.15, -0.1) is 0 Å². The van der Waals surface area contributed by atoms with E-state index in [1.807, 2.05) is 0 Å². The lowest BCUT2D eigenvalue weighted by atomic mass is 10.2. The zero-order chi connectivity index (χ0) is 16.3. The highest BCUT2D eigenvalue weighted by molar-refractivity contribution is 7.19. The Balaban J connectivity index is 2.28. The Morgan fingerprint density at radius 1 is 1.27 bits per heavy atom. The molecule has 0 aliphatic rings. The molecule has 2 aromatic rings. The van der Waals surface area contributed by atoms with Gasteiger partial charge in [0.2, 0.25) is 0 Å². The third kappa shape index (κ3) is 3.98. The van der Waals surface area contributed by atoms with Gasteiger partial charge in [0.15, 0.2) is 10.8 Å². The van der Waals surface area contributed by atoms with Gasteiger partial charge in [-0.3, -0.25) is 5.32 Å². The summed E-state index contributed by atoms with van der Waals surface area (Å²) in [4.78, 5) is 35.0. The molecule has 8 nitrogen and oxygen atoms in total. The van der Waals surface area contributed by atoms with E-state index in [9.17, 15) is 14.7 Å². The lowest BCUT2D eigenvalue weighted by Crippen LogP contribution is -2.27. The Morgan fingerprint density at radius 3 is 2.45 bits per heavy atom. The van der Waals surface area contributed by atoms with E-state index >= 15 is 0 Å². The summed E-state index contributed by atoms with van der Waals surface area (Å²) in [6, 6.07) is 0. The third-order valence-corrected chi connectivity index (χ3v) is 3.28. The number of hydrogen-bond donors (Lipinski definition) is 2. The summed E-state index contributed by atoms with van der Waals surface area (Å²) in [6.07, 6.45) is 3.59. The minimum atomic E-state index is -1.20. The highest BCUT2D eigenvalue weighted by atomic mass is 32.1. The number of anilines is 1. The van der Waals surface area contributed by atoms with E-state index < -0.39 is 17.7 Å². The van der Waals surface area contributed by atoms with Crippen molar-refractivity contribution in [2.75, 3.05) is 5.32 Å². The smallest absolute Gasteiger partial charge is 0.413 e. The molecule has 1 amide bonds. The third-order valence-electron chi connectivity index (χ3n) is 2.26. The first kappa shape index (κ1) is 15.8. The molecule has 2 aromatic heterocycles. The summed E-state index contributed by atoms with van der Waals surface area (Å²) >= 11 is 1.01. The minimum Gasteiger partial charge on any atom is -0.476 e. The zero-order valence-electron chi connectivity index (χ0n) is 12.2. The van der Waals surface area contributed by atoms with Crippen LogP contribution in [0.2, 0.25) is 0 Å². The second kappa shape index (κ2) is 6.06. The summed E-state index contributed by atoms with van der Waals surface area (Å²) < 4.78 is 5.10. The molecule has 0 saturated heterocycles. The van der Waals surface area contributed by atoms with E-state index in [0.717, 1.165) is 11.3 Å². The zero-order valence-corrected chi connectivity index (χ0v) is 13.0. The van der Waals surface area contributed by atoms with Gasteiger partial charge in [-0.1, -0.05) is 11.3 Å². The SMILES string of the molecule is CC(C)(C)OC(=O)Nc1nc(C(=O)O)c(-c2cncnc2)s1. The first-order valence-electron chi connectivity index (χ1n) is 6.26. The summed E-state index contributed by atoms with van der Waals surface area (Å²) in [5, 5.41) is 11.8. The molecule has 0 saturated carbocycles. The van der Waals surface area contributed by atoms with Crippen LogP contribution in [0.1, 0.15) is 31.3 Å². The molecular weight excluding hydrogens is 308 g/mol. The predicted octanol–water partition coefficient (Wildman–Crippen LogP) is 2.65. The number of ether oxygens (including phenoxy) is 1. The topological polar surface area (TPSA) is 114 Å². The van der Waals surface area contributed by atoms with Crippen LogP contribution < -0.4 is 5.32 Å². The fraction of sp³-hybridized carbons (Fsp3) is 0.308. The quantitative estimate of drug-likeness (QED) is 0.892. The summed E-state index contributed by atoms with van der Waals surface area (Å²) in [6.45, 7) is 5.18. The molecule has 0 radical (unpaired) electrons. The molecule has 0 aliphatic heterocycles. The fourth-order valence-corrected chi connectivity index (χ4v) is 2.44. The van der Waals surface area contributed by atoms with Crippen LogP contribution in [0.3, 0.4) is 0 Å². The fourth-order valence-electron chi connectivity index (χ4n) is 1.52. The van der Waals surface area contributed by atoms with Crippen molar-refractivity contribution in [1.82, 2.24) is 15.0 Å². The summed E-state index contributed by atoms with van der Waals surface area (Å²) in [5.41, 5.74) is -0.326. The van der Waals surface area contributed by atoms with Gasteiger partial charge in [-0.05, 0) is 20.8 Å². The number of hydrogen-bond acceptors (Lipinski definition) is 7. The Hall–Kier alpha value is -2.55. The Bertz CT molecular complexity index is 694. The number of carbonyl (C=O) groups excluding carboxylic acids is 1. The molecule has 0 aliphatic carbocycles. The highest BCUT2D eigenvalue weighted by Crippen LogP contribution is 2.32. The minimum absolute atomic E-state index is 0.130. The maximum absolute atomic E-state index is 11.7. The maximum Gasteiger partial charge on any atom is 0.413 e. The highest BCUT2D eigenvalue weighted by Gasteiger charge is 2.22. The van der Waals surface area contributed by atoms with E-state index in [0.29, 0.717) is 10.4 Å². The molecule has 116 valence electrons. The molecule has 2 heterocycles. The maximum atomic E-state index is 11.7. The molecule has 22 heavy (non-hydrogen) atoms. The number of nitrogens with zero attached hydrogens (tertiary/aromatic N) is 3. The predicted molar refractivity (Wildman–Crippen MR) is 80.0 cm³/mol. The van der Waals surface area contributed by atoms with Crippen LogP contribution >= 0.6 is 11.3 Å². The van der Waals surface area contributed by atoms with Gasteiger partial charge in [-0.25, -0.2) is 24.5 Å². The summed E-state index contributed by atoms with van der Waals surface area (Å²) in [7, 11) is 0. The van der Waals surface area contributed by atoms with Gasteiger partial charge in [0.05, 0.1) is 4.88 Å². The van der Waals surface area contributed by atoms with Crippen molar-refractivity contribution in [3.05, 3.63) is 24.4 Å². The largest absolute Gasteiger partial charge is 0.476 e. The van der Waals surface area contributed by atoms with Gasteiger partial charge in [0.25, 0.3) is 0 Å². The van der Waals surface area contributed by atoms with E-state index in [-0.39, 0.29) is 10.8 Å². The standard InChI is InChI=1S/C13H14N4O4S/c1-13(2,3)21-12(20)17-11-16-8(10(18)19)9(22-11)7-4-14-6-15-5-7/h4-6H,1-3H3,(H,18,19)(H,16,17,20). The van der Waals surface area contributed by atoms with Crippen molar-refractivity contribution < 1.29 is 19.4 Å². The number of aromatic carboxylic acids is 1. The van der Waals surface area contributed by atoms with Crippen molar-refractivity contribution in [2.45, 2.75) is 26.4 Å². The lowest BCUT2D eigenvalue weighted by molar-refractivity contribution is 0.0632. The number of nitrogens with one attached hydrogen (secondary N) is 1. The Labute approximate surface area is 130 Å². The number of carboxylic acids is 1. The average molecular weight is 322 g/mol. The monoisotopic (exact) mass is 322 g/mol. The van der Waals surface area contributed by atoms with Crippen molar-refractivity contribution in [3.8, 4) is 10.4 Å². The Kier molecular flexibility index (Phi) is 4.36. The van der Waals surface area contributed by atoms with Gasteiger partial charge in [0.1, 0.15) is 11.9 Å². The van der Waals surface area contributed by atoms with Crippen molar-refractivity contribution in [3.63, 3.8) is 0 Å². The van der Waals surface area contributed by atoms with Crippen LogP contribution in [0.4, 0.5) is 9.93 Å².